The maximum atomic E-state index is 12.5. The van der Waals surface area contributed by atoms with Gasteiger partial charge in [0.15, 0.2) is 0 Å². The lowest BCUT2D eigenvalue weighted by molar-refractivity contribution is -0.115. The minimum atomic E-state index is -4.23. The van der Waals surface area contributed by atoms with Crippen molar-refractivity contribution in [2.45, 2.75) is 24.7 Å². The van der Waals surface area contributed by atoms with Crippen molar-refractivity contribution in [2.24, 2.45) is 5.14 Å². The minimum absolute atomic E-state index is 0.000254. The zero-order valence-electron chi connectivity index (χ0n) is 16.4. The number of halogens is 2. The van der Waals surface area contributed by atoms with Gasteiger partial charge in [-0.15, -0.1) is 0 Å². The largest absolute Gasteiger partial charge is 0.326 e. The predicted molar refractivity (Wildman–Crippen MR) is 122 cm³/mol. The maximum Gasteiger partial charge on any atom is 0.273 e. The number of carbonyl (C=O) groups excluding carboxylic acids is 1. The highest BCUT2D eigenvalue weighted by Gasteiger charge is 2.19. The van der Waals surface area contributed by atoms with Crippen molar-refractivity contribution < 1.29 is 13.2 Å². The Morgan fingerprint density at radius 3 is 2.45 bits per heavy atom. The number of hydrogen-bond acceptors (Lipinski definition) is 4. The summed E-state index contributed by atoms with van der Waals surface area (Å²) < 4.78 is 25.6. The van der Waals surface area contributed by atoms with E-state index in [-0.39, 0.29) is 27.7 Å². The molecule has 0 aliphatic carbocycles. The van der Waals surface area contributed by atoms with Gasteiger partial charge in [0.25, 0.3) is 5.56 Å². The number of nitrogens with zero attached hydrogens (tertiary/aromatic N) is 1. The second-order valence-corrected chi connectivity index (χ2v) is 9.11. The van der Waals surface area contributed by atoms with Crippen LogP contribution in [0, 0.1) is 0 Å². The summed E-state index contributed by atoms with van der Waals surface area (Å²) >= 11 is 12.1. The predicted octanol–water partition coefficient (Wildman–Crippen LogP) is 3.54. The molecule has 162 valence electrons. The monoisotopic (exact) mass is 479 g/mol. The summed E-state index contributed by atoms with van der Waals surface area (Å²) in [4.78, 5) is 24.6. The molecule has 3 rings (SSSR count). The highest BCUT2D eigenvalue weighted by molar-refractivity contribution is 7.89. The Balaban J connectivity index is 2.01. The SMILES string of the molecule is CCc1cc(Cl)c(=O)n(-c2ccc(NC(=O)Cc3ccccc3Cl)cc2S(N)(=O)=O)c1. The number of nitrogens with one attached hydrogen (secondary N) is 1. The number of aromatic nitrogens is 1. The standard InChI is InChI=1S/C21H19Cl2N3O4S/c1-2-13-9-17(23)21(28)26(12-13)18-8-7-15(11-19(18)31(24,29)30)25-20(27)10-14-5-3-4-6-16(14)22/h3-9,11-12H,2,10H2,1H3,(H,25,27)(H2,24,29,30). The molecule has 3 aromatic rings. The molecule has 0 saturated heterocycles. The van der Waals surface area contributed by atoms with Crippen LogP contribution >= 0.6 is 23.2 Å². The molecule has 0 aliphatic heterocycles. The summed E-state index contributed by atoms with van der Waals surface area (Å²) in [6.45, 7) is 1.87. The molecule has 2 aromatic carbocycles. The average Bonchev–Trinajstić information content (AvgIpc) is 2.71. The zero-order chi connectivity index (χ0) is 22.8. The molecule has 0 fully saturated rings. The first-order chi connectivity index (χ1) is 14.6. The van der Waals surface area contributed by atoms with E-state index in [0.717, 1.165) is 10.1 Å². The maximum absolute atomic E-state index is 12.5. The lowest BCUT2D eigenvalue weighted by Gasteiger charge is -2.14. The van der Waals surface area contributed by atoms with Crippen LogP contribution in [0.2, 0.25) is 10.0 Å². The summed E-state index contributed by atoms with van der Waals surface area (Å²) in [6.07, 6.45) is 2.09. The van der Waals surface area contributed by atoms with E-state index in [0.29, 0.717) is 17.0 Å². The Labute approximate surface area is 189 Å². The molecular weight excluding hydrogens is 461 g/mol. The molecule has 31 heavy (non-hydrogen) atoms. The van der Waals surface area contributed by atoms with E-state index in [1.165, 1.54) is 30.5 Å². The molecule has 1 amide bonds. The number of aryl methyl sites for hydroxylation is 1. The van der Waals surface area contributed by atoms with Crippen LogP contribution in [0.15, 0.2) is 64.4 Å². The fourth-order valence-electron chi connectivity index (χ4n) is 3.01. The zero-order valence-corrected chi connectivity index (χ0v) is 18.8. The highest BCUT2D eigenvalue weighted by Crippen LogP contribution is 2.24. The van der Waals surface area contributed by atoms with Crippen LogP contribution in [-0.2, 0) is 27.7 Å². The number of nitrogens with two attached hydrogens (primary N) is 1. The Hall–Kier alpha value is -2.65. The van der Waals surface area contributed by atoms with Crippen LogP contribution in [0.5, 0.6) is 0 Å². The van der Waals surface area contributed by atoms with Crippen molar-refractivity contribution in [3.05, 3.63) is 86.3 Å². The van der Waals surface area contributed by atoms with E-state index in [2.05, 4.69) is 5.32 Å². The normalized spacial score (nSPS) is 11.4. The molecule has 0 bridgehead atoms. The van der Waals surface area contributed by atoms with Crippen molar-refractivity contribution in [3.63, 3.8) is 0 Å². The number of benzene rings is 2. The Kier molecular flexibility index (Phi) is 6.86. The molecule has 0 saturated carbocycles. The van der Waals surface area contributed by atoms with Crippen LogP contribution in [0.1, 0.15) is 18.1 Å². The number of hydrogen-bond donors (Lipinski definition) is 2. The second-order valence-electron chi connectivity index (χ2n) is 6.77. The van der Waals surface area contributed by atoms with Gasteiger partial charge in [0.2, 0.25) is 15.9 Å². The number of carbonyl (C=O) groups is 1. The van der Waals surface area contributed by atoms with Crippen molar-refractivity contribution in [3.8, 4) is 5.69 Å². The summed E-state index contributed by atoms with van der Waals surface area (Å²) in [6, 6.07) is 12.5. The smallest absolute Gasteiger partial charge is 0.273 e. The van der Waals surface area contributed by atoms with E-state index in [9.17, 15) is 18.0 Å². The molecule has 3 N–H and O–H groups in total. The van der Waals surface area contributed by atoms with Gasteiger partial charge >= 0.3 is 0 Å². The Bertz CT molecular complexity index is 1320. The quantitative estimate of drug-likeness (QED) is 0.562. The van der Waals surface area contributed by atoms with Gasteiger partial charge < -0.3 is 5.32 Å². The first-order valence-corrected chi connectivity index (χ1v) is 11.5. The van der Waals surface area contributed by atoms with Gasteiger partial charge in [-0.2, -0.15) is 0 Å². The van der Waals surface area contributed by atoms with Gasteiger partial charge in [0, 0.05) is 16.9 Å². The van der Waals surface area contributed by atoms with Crippen molar-refractivity contribution in [2.75, 3.05) is 5.32 Å². The fraction of sp³-hybridized carbons (Fsp3) is 0.143. The Morgan fingerprint density at radius 2 is 1.81 bits per heavy atom. The number of anilines is 1. The van der Waals surface area contributed by atoms with E-state index in [1.54, 1.807) is 24.3 Å². The van der Waals surface area contributed by atoms with Gasteiger partial charge in [0.05, 0.1) is 12.1 Å². The van der Waals surface area contributed by atoms with Crippen LogP contribution in [0.4, 0.5) is 5.69 Å². The summed E-state index contributed by atoms with van der Waals surface area (Å²) in [5.41, 5.74) is 1.02. The Morgan fingerprint density at radius 1 is 1.10 bits per heavy atom. The van der Waals surface area contributed by atoms with Gasteiger partial charge in [-0.05, 0) is 47.9 Å². The van der Waals surface area contributed by atoms with Gasteiger partial charge in [-0.3, -0.25) is 14.2 Å². The van der Waals surface area contributed by atoms with Crippen LogP contribution in [-0.4, -0.2) is 18.9 Å². The van der Waals surface area contributed by atoms with Crippen LogP contribution in [0.25, 0.3) is 5.69 Å². The molecule has 1 aromatic heterocycles. The number of sulfonamides is 1. The molecule has 0 spiro atoms. The third-order valence-corrected chi connectivity index (χ3v) is 6.14. The first-order valence-electron chi connectivity index (χ1n) is 9.21. The van der Waals surface area contributed by atoms with Crippen LogP contribution in [0.3, 0.4) is 0 Å². The fourth-order valence-corrected chi connectivity index (χ4v) is 4.20. The van der Waals surface area contributed by atoms with Crippen molar-refractivity contribution in [1.82, 2.24) is 4.57 Å². The average molecular weight is 480 g/mol. The third-order valence-electron chi connectivity index (χ3n) is 4.56. The number of primary sulfonamides is 1. The molecule has 0 aliphatic rings. The second kappa shape index (κ2) is 9.23. The molecule has 7 nitrogen and oxygen atoms in total. The molecule has 1 heterocycles. The topological polar surface area (TPSA) is 111 Å². The number of pyridine rings is 1. The van der Waals surface area contributed by atoms with E-state index in [4.69, 9.17) is 28.3 Å². The van der Waals surface area contributed by atoms with Crippen molar-refractivity contribution >= 4 is 44.8 Å². The van der Waals surface area contributed by atoms with Gasteiger partial charge in [-0.1, -0.05) is 48.3 Å². The molecule has 0 unspecified atom stereocenters. The lowest BCUT2D eigenvalue weighted by atomic mass is 10.1. The molecular formula is C21H19Cl2N3O4S. The summed E-state index contributed by atoms with van der Waals surface area (Å²) in [5.74, 6) is -0.394. The number of rotatable bonds is 6. The highest BCUT2D eigenvalue weighted by atomic mass is 35.5. The van der Waals surface area contributed by atoms with E-state index >= 15 is 0 Å². The summed E-state index contributed by atoms with van der Waals surface area (Å²) in [7, 11) is -4.23. The van der Waals surface area contributed by atoms with Crippen LogP contribution < -0.4 is 16.0 Å². The van der Waals surface area contributed by atoms with E-state index in [1.807, 2.05) is 6.92 Å². The third kappa shape index (κ3) is 5.34. The first kappa shape index (κ1) is 23.0. The van der Waals surface area contributed by atoms with E-state index < -0.39 is 21.5 Å². The number of amides is 1. The molecule has 0 radical (unpaired) electrons. The van der Waals surface area contributed by atoms with Gasteiger partial charge in [-0.25, -0.2) is 13.6 Å². The summed E-state index contributed by atoms with van der Waals surface area (Å²) in [5, 5.41) is 8.42. The molecule has 10 heteroatoms. The van der Waals surface area contributed by atoms with Crippen molar-refractivity contribution in [1.29, 1.82) is 0 Å². The minimum Gasteiger partial charge on any atom is -0.326 e. The lowest BCUT2D eigenvalue weighted by Crippen LogP contribution is -2.23. The van der Waals surface area contributed by atoms with Gasteiger partial charge in [0.1, 0.15) is 9.92 Å². The molecule has 0 atom stereocenters.